The summed E-state index contributed by atoms with van der Waals surface area (Å²) in [6, 6.07) is 6.27. The van der Waals surface area contributed by atoms with Gasteiger partial charge in [-0.05, 0) is 32.9 Å². The van der Waals surface area contributed by atoms with E-state index in [4.69, 9.17) is 0 Å². The molecule has 0 bridgehead atoms. The Kier molecular flexibility index (Phi) is 4.27. The molecule has 0 amide bonds. The Labute approximate surface area is 124 Å². The van der Waals surface area contributed by atoms with Crippen molar-refractivity contribution in [2.24, 2.45) is 0 Å². The van der Waals surface area contributed by atoms with Gasteiger partial charge in [0.05, 0.1) is 4.90 Å². The fourth-order valence-electron chi connectivity index (χ4n) is 2.20. The summed E-state index contributed by atoms with van der Waals surface area (Å²) in [5, 5.41) is 0. The average molecular weight is 313 g/mol. The maximum absolute atomic E-state index is 12.7. The largest absolute Gasteiger partial charge is 0.295 e. The molecule has 20 heavy (non-hydrogen) atoms. The van der Waals surface area contributed by atoms with Crippen molar-refractivity contribution in [2.45, 2.75) is 30.4 Å². The molecule has 0 atom stereocenters. The minimum Gasteiger partial charge on any atom is -0.295 e. The van der Waals surface area contributed by atoms with E-state index in [9.17, 15) is 13.2 Å². The molecule has 0 N–H and O–H groups in total. The molecular weight excluding hydrogens is 294 g/mol. The van der Waals surface area contributed by atoms with Crippen LogP contribution in [0.15, 0.2) is 29.2 Å². The predicted molar refractivity (Wildman–Crippen MR) is 81.7 cm³/mol. The number of rotatable bonds is 3. The van der Waals surface area contributed by atoms with E-state index >= 15 is 0 Å². The first-order chi connectivity index (χ1) is 9.22. The van der Waals surface area contributed by atoms with Crippen LogP contribution in [-0.4, -0.2) is 42.1 Å². The minimum atomic E-state index is -3.52. The van der Waals surface area contributed by atoms with Gasteiger partial charge in [-0.2, -0.15) is 16.1 Å². The Morgan fingerprint density at radius 2 is 2.05 bits per heavy atom. The van der Waals surface area contributed by atoms with E-state index in [0.717, 1.165) is 5.75 Å². The van der Waals surface area contributed by atoms with E-state index in [1.54, 1.807) is 30.0 Å². The summed E-state index contributed by atoms with van der Waals surface area (Å²) >= 11 is 1.78. The predicted octanol–water partition coefficient (Wildman–Crippen LogP) is 2.41. The second kappa shape index (κ2) is 5.50. The zero-order valence-electron chi connectivity index (χ0n) is 11.9. The normalized spacial score (nSPS) is 19.8. The average Bonchev–Trinajstić information content (AvgIpc) is 2.37. The topological polar surface area (TPSA) is 54.5 Å². The fourth-order valence-corrected chi connectivity index (χ4v) is 5.16. The lowest BCUT2D eigenvalue weighted by Gasteiger charge is -2.36. The molecule has 1 saturated heterocycles. The van der Waals surface area contributed by atoms with Crippen molar-refractivity contribution in [3.8, 4) is 0 Å². The van der Waals surface area contributed by atoms with Gasteiger partial charge in [0.15, 0.2) is 5.78 Å². The number of sulfonamides is 1. The van der Waals surface area contributed by atoms with Crippen LogP contribution in [0.1, 0.15) is 31.1 Å². The number of carbonyl (C=O) groups excluding carboxylic acids is 1. The third-order valence-corrected chi connectivity index (χ3v) is 6.41. The first kappa shape index (κ1) is 15.5. The van der Waals surface area contributed by atoms with Crippen LogP contribution in [0.2, 0.25) is 0 Å². The Hall–Kier alpha value is -0.850. The van der Waals surface area contributed by atoms with Crippen LogP contribution in [0.3, 0.4) is 0 Å². The van der Waals surface area contributed by atoms with Gasteiger partial charge < -0.3 is 0 Å². The fraction of sp³-hybridized carbons (Fsp3) is 0.500. The Balaban J connectivity index is 2.35. The molecule has 0 aromatic heterocycles. The van der Waals surface area contributed by atoms with Crippen LogP contribution in [0.25, 0.3) is 0 Å². The standard InChI is InChI=1S/C14H19NO3S2/c1-11(16)12-5-4-6-13(9-12)20(17,18)15-7-8-19-14(2,3)10-15/h4-6,9H,7-8,10H2,1-3H3. The van der Waals surface area contributed by atoms with Crippen LogP contribution in [-0.2, 0) is 10.0 Å². The molecule has 1 aromatic rings. The SMILES string of the molecule is CC(=O)c1cccc(S(=O)(=O)N2CCSC(C)(C)C2)c1. The van der Waals surface area contributed by atoms with Gasteiger partial charge in [0.1, 0.15) is 0 Å². The van der Waals surface area contributed by atoms with Gasteiger partial charge in [-0.25, -0.2) is 8.42 Å². The molecule has 0 aliphatic carbocycles. The van der Waals surface area contributed by atoms with Gasteiger partial charge in [0, 0.05) is 29.2 Å². The van der Waals surface area contributed by atoms with Crippen LogP contribution >= 0.6 is 11.8 Å². The summed E-state index contributed by atoms with van der Waals surface area (Å²) < 4.78 is 26.7. The first-order valence-corrected chi connectivity index (χ1v) is 8.90. The van der Waals surface area contributed by atoms with Crippen molar-refractivity contribution >= 4 is 27.6 Å². The highest BCUT2D eigenvalue weighted by atomic mass is 32.2. The smallest absolute Gasteiger partial charge is 0.243 e. The summed E-state index contributed by atoms with van der Waals surface area (Å²) in [6.07, 6.45) is 0. The monoisotopic (exact) mass is 313 g/mol. The highest BCUT2D eigenvalue weighted by Gasteiger charge is 2.34. The Morgan fingerprint density at radius 3 is 2.65 bits per heavy atom. The van der Waals surface area contributed by atoms with E-state index in [1.165, 1.54) is 17.3 Å². The number of ketones is 1. The van der Waals surface area contributed by atoms with E-state index in [0.29, 0.717) is 18.7 Å². The van der Waals surface area contributed by atoms with Gasteiger partial charge in [0.25, 0.3) is 0 Å². The zero-order chi connectivity index (χ0) is 15.0. The van der Waals surface area contributed by atoms with Gasteiger partial charge in [0.2, 0.25) is 10.0 Å². The molecular formula is C14H19NO3S2. The number of nitrogens with zero attached hydrogens (tertiary/aromatic N) is 1. The molecule has 110 valence electrons. The summed E-state index contributed by atoms with van der Waals surface area (Å²) in [4.78, 5) is 11.6. The summed E-state index contributed by atoms with van der Waals surface area (Å²) in [6.45, 7) is 6.54. The van der Waals surface area contributed by atoms with E-state index in [-0.39, 0.29) is 15.4 Å². The van der Waals surface area contributed by atoms with E-state index in [1.807, 2.05) is 13.8 Å². The highest BCUT2D eigenvalue weighted by Crippen LogP contribution is 2.32. The number of hydrogen-bond donors (Lipinski definition) is 0. The maximum Gasteiger partial charge on any atom is 0.243 e. The molecule has 1 aliphatic rings. The number of benzene rings is 1. The van der Waals surface area contributed by atoms with Crippen molar-refractivity contribution < 1.29 is 13.2 Å². The summed E-state index contributed by atoms with van der Waals surface area (Å²) in [7, 11) is -3.52. The van der Waals surface area contributed by atoms with Gasteiger partial charge in [-0.1, -0.05) is 12.1 Å². The lowest BCUT2D eigenvalue weighted by atomic mass is 10.2. The van der Waals surface area contributed by atoms with Crippen molar-refractivity contribution in [1.82, 2.24) is 4.31 Å². The Bertz CT molecular complexity index is 623. The highest BCUT2D eigenvalue weighted by molar-refractivity contribution is 8.00. The molecule has 1 fully saturated rings. The van der Waals surface area contributed by atoms with Crippen LogP contribution in [0.5, 0.6) is 0 Å². The molecule has 1 aromatic carbocycles. The molecule has 0 unspecified atom stereocenters. The molecule has 0 radical (unpaired) electrons. The lowest BCUT2D eigenvalue weighted by Crippen LogP contribution is -2.46. The third kappa shape index (κ3) is 3.24. The minimum absolute atomic E-state index is 0.0799. The summed E-state index contributed by atoms with van der Waals surface area (Å²) in [5.74, 6) is 0.662. The van der Waals surface area contributed by atoms with Gasteiger partial charge >= 0.3 is 0 Å². The van der Waals surface area contributed by atoms with Gasteiger partial charge in [-0.3, -0.25) is 4.79 Å². The van der Waals surface area contributed by atoms with Crippen molar-refractivity contribution in [3.05, 3.63) is 29.8 Å². The van der Waals surface area contributed by atoms with Crippen LogP contribution in [0.4, 0.5) is 0 Å². The number of thioether (sulfide) groups is 1. The quantitative estimate of drug-likeness (QED) is 0.804. The first-order valence-electron chi connectivity index (χ1n) is 6.47. The summed E-state index contributed by atoms with van der Waals surface area (Å²) in [5.41, 5.74) is 0.428. The second-order valence-electron chi connectivity index (χ2n) is 5.53. The molecule has 4 nitrogen and oxygen atoms in total. The van der Waals surface area contributed by atoms with E-state index in [2.05, 4.69) is 0 Å². The van der Waals surface area contributed by atoms with Crippen molar-refractivity contribution in [1.29, 1.82) is 0 Å². The number of carbonyl (C=O) groups is 1. The number of hydrogen-bond acceptors (Lipinski definition) is 4. The Morgan fingerprint density at radius 1 is 1.35 bits per heavy atom. The maximum atomic E-state index is 12.7. The van der Waals surface area contributed by atoms with Gasteiger partial charge in [-0.15, -0.1) is 0 Å². The van der Waals surface area contributed by atoms with Crippen LogP contribution < -0.4 is 0 Å². The van der Waals surface area contributed by atoms with E-state index < -0.39 is 10.0 Å². The second-order valence-corrected chi connectivity index (χ2v) is 9.27. The zero-order valence-corrected chi connectivity index (χ0v) is 13.6. The van der Waals surface area contributed by atoms with Crippen molar-refractivity contribution in [3.63, 3.8) is 0 Å². The molecule has 2 rings (SSSR count). The lowest BCUT2D eigenvalue weighted by molar-refractivity contribution is 0.101. The molecule has 6 heteroatoms. The number of Topliss-reactive ketones (excluding diaryl/α,β-unsaturated/α-hetero) is 1. The molecule has 1 heterocycles. The molecule has 1 aliphatic heterocycles. The van der Waals surface area contributed by atoms with Crippen LogP contribution in [0, 0.1) is 0 Å². The molecule has 0 saturated carbocycles. The third-order valence-electron chi connectivity index (χ3n) is 3.27. The van der Waals surface area contributed by atoms with Crippen molar-refractivity contribution in [2.75, 3.05) is 18.8 Å². The molecule has 0 spiro atoms.